The summed E-state index contributed by atoms with van der Waals surface area (Å²) in [5.41, 5.74) is 5.23. The van der Waals surface area contributed by atoms with Crippen LogP contribution in [0.2, 0.25) is 0 Å². The van der Waals surface area contributed by atoms with Gasteiger partial charge in [0.1, 0.15) is 5.54 Å². The molecule has 2 aliphatic rings. The van der Waals surface area contributed by atoms with Crippen LogP contribution < -0.4 is 11.1 Å². The second-order valence-corrected chi connectivity index (χ2v) is 6.61. The summed E-state index contributed by atoms with van der Waals surface area (Å²) in [6.45, 7) is 5.82. The molecule has 6 heteroatoms. The van der Waals surface area contributed by atoms with Gasteiger partial charge in [-0.15, -0.1) is 0 Å². The zero-order valence-electron chi connectivity index (χ0n) is 11.9. The van der Waals surface area contributed by atoms with E-state index in [1.165, 1.54) is 0 Å². The number of carbonyl (C=O) groups is 1. The van der Waals surface area contributed by atoms with Crippen molar-refractivity contribution in [3.8, 4) is 0 Å². The Bertz CT molecular complexity index is 397. The summed E-state index contributed by atoms with van der Waals surface area (Å²) in [7, 11) is 2.03. The van der Waals surface area contributed by atoms with Gasteiger partial charge in [-0.2, -0.15) is 0 Å². The van der Waals surface area contributed by atoms with E-state index in [1.54, 1.807) is 0 Å². The first-order valence-corrected chi connectivity index (χ1v) is 6.79. The Morgan fingerprint density at radius 2 is 1.95 bits per heavy atom. The monoisotopic (exact) mass is 268 g/mol. The van der Waals surface area contributed by atoms with E-state index in [9.17, 15) is 4.79 Å². The van der Waals surface area contributed by atoms with Crippen LogP contribution in [0.4, 0.5) is 0 Å². The number of hydrogen-bond acceptors (Lipinski definition) is 4. The third kappa shape index (κ3) is 2.68. The summed E-state index contributed by atoms with van der Waals surface area (Å²) in [6.07, 6.45) is 2.27. The van der Waals surface area contributed by atoms with Crippen LogP contribution in [0.25, 0.3) is 0 Å². The molecule has 1 saturated heterocycles. The number of oxime groups is 1. The van der Waals surface area contributed by atoms with Gasteiger partial charge in [0.05, 0.1) is 0 Å². The number of rotatable bonds is 3. The van der Waals surface area contributed by atoms with Crippen LogP contribution in [-0.4, -0.2) is 47.5 Å². The first-order valence-electron chi connectivity index (χ1n) is 6.79. The second-order valence-electron chi connectivity index (χ2n) is 6.61. The minimum atomic E-state index is -0.684. The van der Waals surface area contributed by atoms with Crippen molar-refractivity contribution < 1.29 is 10.0 Å². The van der Waals surface area contributed by atoms with Crippen LogP contribution in [0, 0.1) is 11.3 Å². The molecule has 1 unspecified atom stereocenters. The minimum Gasteiger partial charge on any atom is -0.409 e. The Balaban J connectivity index is 2.09. The van der Waals surface area contributed by atoms with E-state index >= 15 is 0 Å². The molecule has 108 valence electrons. The maximum absolute atomic E-state index is 12.3. The Hall–Kier alpha value is -1.30. The second kappa shape index (κ2) is 4.67. The molecule has 2 rings (SSSR count). The largest absolute Gasteiger partial charge is 0.409 e. The van der Waals surface area contributed by atoms with Gasteiger partial charge in [-0.3, -0.25) is 4.79 Å². The van der Waals surface area contributed by atoms with E-state index in [4.69, 9.17) is 10.9 Å². The summed E-state index contributed by atoms with van der Waals surface area (Å²) < 4.78 is 0. The Kier molecular flexibility index (Phi) is 3.47. The normalized spacial score (nSPS) is 29.8. The molecule has 1 heterocycles. The average Bonchev–Trinajstić information content (AvgIpc) is 3.01. The zero-order valence-corrected chi connectivity index (χ0v) is 11.9. The van der Waals surface area contributed by atoms with Crippen LogP contribution >= 0.6 is 0 Å². The molecule has 4 N–H and O–H groups in total. The number of piperidine rings is 1. The Morgan fingerprint density at radius 3 is 2.37 bits per heavy atom. The maximum atomic E-state index is 12.3. The topological polar surface area (TPSA) is 91.0 Å². The van der Waals surface area contributed by atoms with Crippen molar-refractivity contribution in [1.82, 2.24) is 10.2 Å². The van der Waals surface area contributed by atoms with E-state index in [0.717, 1.165) is 19.5 Å². The quantitative estimate of drug-likeness (QED) is 0.298. The van der Waals surface area contributed by atoms with E-state index in [0.29, 0.717) is 12.8 Å². The molecule has 1 atom stereocenters. The van der Waals surface area contributed by atoms with Crippen LogP contribution in [0.3, 0.4) is 0 Å². The van der Waals surface area contributed by atoms with Gasteiger partial charge >= 0.3 is 0 Å². The molecule has 0 aromatic heterocycles. The summed E-state index contributed by atoms with van der Waals surface area (Å²) >= 11 is 0. The third-order valence-electron chi connectivity index (χ3n) is 4.63. The SMILES string of the molecule is CN1CCC(NC(=O)C2CC2(C)C)(C(N)=NO)CC1. The number of amides is 1. The van der Waals surface area contributed by atoms with Crippen molar-refractivity contribution >= 4 is 11.7 Å². The lowest BCUT2D eigenvalue weighted by Gasteiger charge is -2.40. The van der Waals surface area contributed by atoms with Gasteiger partial charge in [0.15, 0.2) is 5.84 Å². The lowest BCUT2D eigenvalue weighted by atomic mass is 9.86. The zero-order chi connectivity index (χ0) is 14.3. The highest BCUT2D eigenvalue weighted by atomic mass is 16.4. The summed E-state index contributed by atoms with van der Waals surface area (Å²) in [5.74, 6) is 0.198. The minimum absolute atomic E-state index is 0.0288. The third-order valence-corrected chi connectivity index (χ3v) is 4.63. The number of nitrogens with zero attached hydrogens (tertiary/aromatic N) is 2. The van der Waals surface area contributed by atoms with Crippen LogP contribution in [-0.2, 0) is 4.79 Å². The van der Waals surface area contributed by atoms with Crippen molar-refractivity contribution in [2.45, 2.75) is 38.6 Å². The van der Waals surface area contributed by atoms with E-state index in [-0.39, 0.29) is 23.1 Å². The van der Waals surface area contributed by atoms with Gasteiger partial charge < -0.3 is 21.2 Å². The molecule has 1 aliphatic heterocycles. The molecule has 1 amide bonds. The Morgan fingerprint density at radius 1 is 1.42 bits per heavy atom. The molecule has 2 fully saturated rings. The predicted octanol–water partition coefficient (Wildman–Crippen LogP) is 0.360. The number of amidine groups is 1. The van der Waals surface area contributed by atoms with Crippen molar-refractivity contribution in [1.29, 1.82) is 0 Å². The fraction of sp³-hybridized carbons (Fsp3) is 0.846. The molecular weight excluding hydrogens is 244 g/mol. The first kappa shape index (κ1) is 14.1. The van der Waals surface area contributed by atoms with Gasteiger partial charge in [-0.1, -0.05) is 19.0 Å². The Labute approximate surface area is 114 Å². The molecule has 0 aromatic rings. The maximum Gasteiger partial charge on any atom is 0.224 e. The molecule has 0 bridgehead atoms. The van der Waals surface area contributed by atoms with Gasteiger partial charge in [0.25, 0.3) is 0 Å². The van der Waals surface area contributed by atoms with Gasteiger partial charge in [-0.25, -0.2) is 0 Å². The van der Waals surface area contributed by atoms with Crippen LogP contribution in [0.1, 0.15) is 33.1 Å². The van der Waals surface area contributed by atoms with Gasteiger partial charge in [0.2, 0.25) is 5.91 Å². The smallest absolute Gasteiger partial charge is 0.224 e. The molecule has 0 spiro atoms. The lowest BCUT2D eigenvalue weighted by molar-refractivity contribution is -0.124. The van der Waals surface area contributed by atoms with E-state index in [1.807, 2.05) is 7.05 Å². The van der Waals surface area contributed by atoms with Crippen molar-refractivity contribution in [3.05, 3.63) is 0 Å². The number of likely N-dealkylation sites (tertiary alicyclic amines) is 1. The highest BCUT2D eigenvalue weighted by molar-refractivity contribution is 5.95. The van der Waals surface area contributed by atoms with Crippen molar-refractivity contribution in [2.75, 3.05) is 20.1 Å². The summed E-state index contributed by atoms with van der Waals surface area (Å²) in [5, 5.41) is 15.2. The van der Waals surface area contributed by atoms with Crippen LogP contribution in [0.15, 0.2) is 5.16 Å². The molecule has 19 heavy (non-hydrogen) atoms. The van der Waals surface area contributed by atoms with Crippen LogP contribution in [0.5, 0.6) is 0 Å². The van der Waals surface area contributed by atoms with E-state index < -0.39 is 5.54 Å². The average molecular weight is 268 g/mol. The highest BCUT2D eigenvalue weighted by Crippen LogP contribution is 2.51. The number of hydrogen-bond donors (Lipinski definition) is 3. The molecule has 1 saturated carbocycles. The number of nitrogens with one attached hydrogen (secondary N) is 1. The number of carbonyl (C=O) groups excluding carboxylic acids is 1. The van der Waals surface area contributed by atoms with Gasteiger partial charge in [-0.05, 0) is 31.7 Å². The number of nitrogens with two attached hydrogens (primary N) is 1. The molecule has 0 aromatic carbocycles. The predicted molar refractivity (Wildman–Crippen MR) is 72.9 cm³/mol. The molecule has 0 radical (unpaired) electrons. The fourth-order valence-corrected chi connectivity index (χ4v) is 2.78. The standard InChI is InChI=1S/C13H24N4O2/c1-12(2)8-9(12)10(18)15-13(11(14)16-19)4-6-17(3)7-5-13/h9,19H,4-8H2,1-3H3,(H2,14,16)(H,15,18). The lowest BCUT2D eigenvalue weighted by Crippen LogP contribution is -2.62. The molecule has 6 nitrogen and oxygen atoms in total. The fourth-order valence-electron chi connectivity index (χ4n) is 2.78. The molecular formula is C13H24N4O2. The van der Waals surface area contributed by atoms with Gasteiger partial charge in [0, 0.05) is 19.0 Å². The molecule has 1 aliphatic carbocycles. The first-order chi connectivity index (χ1) is 8.81. The summed E-state index contributed by atoms with van der Waals surface area (Å²) in [6, 6.07) is 0. The van der Waals surface area contributed by atoms with Crippen molar-refractivity contribution in [3.63, 3.8) is 0 Å². The van der Waals surface area contributed by atoms with E-state index in [2.05, 4.69) is 29.2 Å². The summed E-state index contributed by atoms with van der Waals surface area (Å²) in [4.78, 5) is 14.5. The highest BCUT2D eigenvalue weighted by Gasteiger charge is 2.52. The van der Waals surface area contributed by atoms with Crippen molar-refractivity contribution in [2.24, 2.45) is 22.2 Å².